The summed E-state index contributed by atoms with van der Waals surface area (Å²) in [5.41, 5.74) is 6.69. The van der Waals surface area contributed by atoms with Gasteiger partial charge in [0.05, 0.1) is 17.8 Å². The van der Waals surface area contributed by atoms with Crippen molar-refractivity contribution in [1.82, 2.24) is 19.4 Å². The first kappa shape index (κ1) is 27.6. The van der Waals surface area contributed by atoms with Crippen molar-refractivity contribution in [3.63, 3.8) is 0 Å². The smallest absolute Gasteiger partial charge is 0.254 e. The Morgan fingerprint density at radius 1 is 1.05 bits per heavy atom. The summed E-state index contributed by atoms with van der Waals surface area (Å²) in [5.74, 6) is 0.838. The monoisotopic (exact) mass is 558 g/mol. The molecule has 8 heteroatoms. The zero-order valence-corrected chi connectivity index (χ0v) is 25.4. The van der Waals surface area contributed by atoms with Crippen molar-refractivity contribution < 1.29 is 14.3 Å². The number of pyridine rings is 1. The van der Waals surface area contributed by atoms with Crippen LogP contribution in [0.3, 0.4) is 0 Å². The van der Waals surface area contributed by atoms with Gasteiger partial charge in [-0.15, -0.1) is 0 Å². The van der Waals surface area contributed by atoms with Gasteiger partial charge in [0.1, 0.15) is 0 Å². The van der Waals surface area contributed by atoms with Gasteiger partial charge in [-0.05, 0) is 96.3 Å². The van der Waals surface area contributed by atoms with E-state index in [2.05, 4.69) is 41.5 Å². The average Bonchev–Trinajstić information content (AvgIpc) is 3.51. The van der Waals surface area contributed by atoms with Crippen LogP contribution in [0.1, 0.15) is 70.9 Å². The first-order valence-electron chi connectivity index (χ1n) is 14.8. The van der Waals surface area contributed by atoms with Crippen LogP contribution in [0.25, 0.3) is 11.3 Å². The second-order valence-corrected chi connectivity index (χ2v) is 12.6. The van der Waals surface area contributed by atoms with Crippen molar-refractivity contribution in [2.75, 3.05) is 20.6 Å². The molecule has 2 aromatic heterocycles. The summed E-state index contributed by atoms with van der Waals surface area (Å²) in [6.45, 7) is 8.67. The molecule has 1 saturated carbocycles. The van der Waals surface area contributed by atoms with Crippen LogP contribution in [0.15, 0.2) is 29.2 Å². The number of carbonyl (C=O) groups is 1. The standard InChI is InChI=1S/C33H42N4O4/c1-19-17-20(2)34-31(38)25(19)18-37-16-14-24-27(32(37)39)21(3)29-30(28(24)26-9-8-15-36(26)7)41-33(4,40-29)22-10-12-23(13-11-22)35(5)6/h8-9,15,17,22-23H,10-14,16,18H2,1-7H3,(H,34,38)/t22?,23?,33-/m0/s1. The Hall–Kier alpha value is -3.52. The molecule has 0 saturated heterocycles. The van der Waals surface area contributed by atoms with Crippen LogP contribution in [0.2, 0.25) is 0 Å². The number of amides is 1. The number of benzene rings is 1. The van der Waals surface area contributed by atoms with E-state index in [1.165, 1.54) is 0 Å². The van der Waals surface area contributed by atoms with Crippen LogP contribution in [0.4, 0.5) is 0 Å². The van der Waals surface area contributed by atoms with Crippen molar-refractivity contribution in [3.8, 4) is 22.8 Å². The molecule has 41 heavy (non-hydrogen) atoms. The number of aromatic nitrogens is 2. The number of hydrogen-bond donors (Lipinski definition) is 1. The molecule has 1 N–H and O–H groups in total. The maximum atomic E-state index is 14.2. The second kappa shape index (κ2) is 10.1. The lowest BCUT2D eigenvalue weighted by atomic mass is 9.81. The van der Waals surface area contributed by atoms with Crippen LogP contribution in [0.5, 0.6) is 11.5 Å². The molecule has 0 radical (unpaired) electrons. The molecule has 0 unspecified atom stereocenters. The lowest BCUT2D eigenvalue weighted by molar-refractivity contribution is -0.123. The fraction of sp³-hybridized carbons (Fsp3) is 0.515. The summed E-state index contributed by atoms with van der Waals surface area (Å²) in [4.78, 5) is 34.0. The molecule has 4 heterocycles. The number of rotatable bonds is 5. The number of hydrogen-bond acceptors (Lipinski definition) is 5. The van der Waals surface area contributed by atoms with E-state index in [4.69, 9.17) is 9.47 Å². The Balaban J connectivity index is 1.41. The van der Waals surface area contributed by atoms with Crippen LogP contribution in [-0.2, 0) is 20.0 Å². The number of ether oxygens (including phenoxy) is 2. The van der Waals surface area contributed by atoms with Gasteiger partial charge in [-0.25, -0.2) is 0 Å². The van der Waals surface area contributed by atoms with Gasteiger partial charge in [0.2, 0.25) is 0 Å². The number of aromatic amines is 1. The summed E-state index contributed by atoms with van der Waals surface area (Å²) in [5, 5.41) is 0. The molecule has 2 aliphatic heterocycles. The van der Waals surface area contributed by atoms with Gasteiger partial charge in [0, 0.05) is 61.1 Å². The quantitative estimate of drug-likeness (QED) is 0.471. The minimum Gasteiger partial charge on any atom is -0.448 e. The third-order valence-electron chi connectivity index (χ3n) is 9.71. The van der Waals surface area contributed by atoms with Crippen molar-refractivity contribution in [2.24, 2.45) is 13.0 Å². The zero-order valence-electron chi connectivity index (χ0n) is 25.4. The Morgan fingerprint density at radius 2 is 1.76 bits per heavy atom. The molecule has 3 aliphatic rings. The van der Waals surface area contributed by atoms with E-state index < -0.39 is 5.79 Å². The number of H-pyrrole nitrogens is 1. The van der Waals surface area contributed by atoms with Crippen LogP contribution >= 0.6 is 0 Å². The highest BCUT2D eigenvalue weighted by atomic mass is 16.7. The maximum Gasteiger partial charge on any atom is 0.254 e. The molecule has 0 bridgehead atoms. The highest BCUT2D eigenvalue weighted by molar-refractivity contribution is 6.02. The predicted molar refractivity (Wildman–Crippen MR) is 160 cm³/mol. The van der Waals surface area contributed by atoms with Crippen molar-refractivity contribution in [1.29, 1.82) is 0 Å². The summed E-state index contributed by atoms with van der Waals surface area (Å²) in [6, 6.07) is 6.65. The van der Waals surface area contributed by atoms with E-state index >= 15 is 0 Å². The fourth-order valence-electron chi connectivity index (χ4n) is 7.27. The number of fused-ring (bicyclic) bond motifs is 2. The first-order valence-corrected chi connectivity index (χ1v) is 14.8. The average molecular weight is 559 g/mol. The Morgan fingerprint density at radius 3 is 2.39 bits per heavy atom. The van der Waals surface area contributed by atoms with E-state index in [1.807, 2.05) is 46.1 Å². The summed E-state index contributed by atoms with van der Waals surface area (Å²) >= 11 is 0. The molecule has 8 nitrogen and oxygen atoms in total. The molecule has 0 spiro atoms. The topological polar surface area (TPSA) is 79.8 Å². The maximum absolute atomic E-state index is 14.2. The number of carbonyl (C=O) groups excluding carboxylic acids is 1. The number of nitrogens with zero attached hydrogens (tertiary/aromatic N) is 3. The lowest BCUT2D eigenvalue weighted by Gasteiger charge is -2.39. The Kier molecular flexibility index (Phi) is 6.80. The van der Waals surface area contributed by atoms with Gasteiger partial charge in [-0.2, -0.15) is 0 Å². The lowest BCUT2D eigenvalue weighted by Crippen LogP contribution is -2.46. The minimum absolute atomic E-state index is 0.0647. The molecule has 1 fully saturated rings. The van der Waals surface area contributed by atoms with Crippen molar-refractivity contribution in [3.05, 3.63) is 68.3 Å². The predicted octanol–water partition coefficient (Wildman–Crippen LogP) is 5.11. The zero-order chi connectivity index (χ0) is 29.2. The molecule has 1 aliphatic carbocycles. The van der Waals surface area contributed by atoms with E-state index in [-0.39, 0.29) is 23.9 Å². The molecule has 6 rings (SSSR count). The van der Waals surface area contributed by atoms with Gasteiger partial charge in [0.15, 0.2) is 11.5 Å². The number of nitrogens with one attached hydrogen (secondary N) is 1. The van der Waals surface area contributed by atoms with Crippen molar-refractivity contribution >= 4 is 5.91 Å². The molecule has 1 aromatic carbocycles. The Bertz CT molecular complexity index is 1580. The Labute approximate surface area is 242 Å². The minimum atomic E-state index is -0.788. The summed E-state index contributed by atoms with van der Waals surface area (Å²) in [7, 11) is 6.33. The molecule has 1 atom stereocenters. The largest absolute Gasteiger partial charge is 0.448 e. The first-order chi connectivity index (χ1) is 19.5. The van der Waals surface area contributed by atoms with Gasteiger partial charge in [0.25, 0.3) is 17.3 Å². The SMILES string of the molecule is Cc1cc(C)c(CN2CCc3c(c(C)c4c(c3-c3cccn3C)O[C@@](C)(C3CCC(N(C)C)CC3)O4)C2=O)c(=O)[nH]1. The van der Waals surface area contributed by atoms with Crippen molar-refractivity contribution in [2.45, 2.75) is 78.2 Å². The van der Waals surface area contributed by atoms with Crippen LogP contribution < -0.4 is 15.0 Å². The normalized spacial score (nSPS) is 23.8. The molecule has 1 amide bonds. The fourth-order valence-corrected chi connectivity index (χ4v) is 7.27. The highest BCUT2D eigenvalue weighted by Crippen LogP contribution is 2.55. The van der Waals surface area contributed by atoms with Crippen LogP contribution in [0, 0.1) is 26.7 Å². The molecular formula is C33H42N4O4. The van der Waals surface area contributed by atoms with E-state index in [0.29, 0.717) is 35.9 Å². The van der Waals surface area contributed by atoms with Gasteiger partial charge in [-0.3, -0.25) is 9.59 Å². The van der Waals surface area contributed by atoms with Gasteiger partial charge < -0.3 is 28.8 Å². The van der Waals surface area contributed by atoms with E-state index in [9.17, 15) is 9.59 Å². The molecular weight excluding hydrogens is 516 g/mol. The van der Waals surface area contributed by atoms with Gasteiger partial charge >= 0.3 is 0 Å². The third-order valence-corrected chi connectivity index (χ3v) is 9.71. The third kappa shape index (κ3) is 4.56. The summed E-state index contributed by atoms with van der Waals surface area (Å²) < 4.78 is 15.7. The number of aryl methyl sites for hydroxylation is 3. The van der Waals surface area contributed by atoms with Gasteiger partial charge in [-0.1, -0.05) is 0 Å². The molecule has 218 valence electrons. The van der Waals surface area contributed by atoms with E-state index in [0.717, 1.165) is 65.1 Å². The highest BCUT2D eigenvalue weighted by Gasteiger charge is 2.49. The second-order valence-electron chi connectivity index (χ2n) is 12.6. The van der Waals surface area contributed by atoms with Crippen LogP contribution in [-0.4, -0.2) is 57.7 Å². The molecule has 3 aromatic rings. The summed E-state index contributed by atoms with van der Waals surface area (Å²) in [6.07, 6.45) is 6.98. The van der Waals surface area contributed by atoms with E-state index in [1.54, 1.807) is 4.90 Å².